The highest BCUT2D eigenvalue weighted by Gasteiger charge is 2.11. The molecule has 0 atom stereocenters. The molecule has 1 heterocycles. The van der Waals surface area contributed by atoms with Crippen molar-refractivity contribution in [1.29, 1.82) is 0 Å². The van der Waals surface area contributed by atoms with E-state index in [9.17, 15) is 9.18 Å². The van der Waals surface area contributed by atoms with E-state index >= 15 is 0 Å². The monoisotopic (exact) mass is 420 g/mol. The number of ether oxygens (including phenoxy) is 1. The van der Waals surface area contributed by atoms with Crippen LogP contribution in [0.4, 0.5) is 10.1 Å². The number of carbonyl (C=O) groups is 1. The molecular formula is C19H18ClFN4O2S. The molecule has 28 heavy (non-hydrogen) atoms. The third kappa shape index (κ3) is 5.25. The molecule has 0 radical (unpaired) electrons. The van der Waals surface area contributed by atoms with Gasteiger partial charge >= 0.3 is 0 Å². The summed E-state index contributed by atoms with van der Waals surface area (Å²) in [4.78, 5) is 13.0. The fourth-order valence-corrected chi connectivity index (χ4v) is 3.21. The van der Waals surface area contributed by atoms with Crippen molar-refractivity contribution in [3.8, 4) is 5.75 Å². The largest absolute Gasteiger partial charge is 0.486 e. The molecule has 0 saturated heterocycles. The highest BCUT2D eigenvalue weighted by atomic mass is 35.5. The van der Waals surface area contributed by atoms with E-state index in [0.717, 1.165) is 22.4 Å². The number of aryl methyl sites for hydroxylation is 1. The number of hydrogen-bond acceptors (Lipinski definition) is 5. The summed E-state index contributed by atoms with van der Waals surface area (Å²) in [7, 11) is 1.81. The van der Waals surface area contributed by atoms with Crippen molar-refractivity contribution in [3.05, 3.63) is 70.8 Å². The molecule has 0 fully saturated rings. The van der Waals surface area contributed by atoms with Gasteiger partial charge in [0.2, 0.25) is 5.91 Å². The van der Waals surface area contributed by atoms with E-state index in [4.69, 9.17) is 21.5 Å². The summed E-state index contributed by atoms with van der Waals surface area (Å²) in [6.07, 6.45) is 3.36. The van der Waals surface area contributed by atoms with Gasteiger partial charge in [-0.2, -0.15) is 5.10 Å². The molecule has 1 amide bonds. The molecule has 3 aromatic rings. The Bertz CT molecular complexity index is 996. The molecule has 3 rings (SSSR count). The van der Waals surface area contributed by atoms with Crippen LogP contribution >= 0.6 is 23.5 Å². The number of halogens is 2. The number of hydrogen-bond donors (Lipinski definition) is 2. The number of rotatable bonds is 7. The number of aromatic nitrogens is 2. The first-order valence-corrected chi connectivity index (χ1v) is 9.55. The van der Waals surface area contributed by atoms with Crippen molar-refractivity contribution in [3.63, 3.8) is 0 Å². The van der Waals surface area contributed by atoms with Crippen molar-refractivity contribution in [2.24, 2.45) is 12.2 Å². The van der Waals surface area contributed by atoms with Gasteiger partial charge in [-0.15, -0.1) is 0 Å². The van der Waals surface area contributed by atoms with E-state index in [2.05, 4.69) is 10.4 Å². The first kappa shape index (κ1) is 20.2. The fourth-order valence-electron chi connectivity index (χ4n) is 2.55. The van der Waals surface area contributed by atoms with Crippen LogP contribution in [0.1, 0.15) is 11.1 Å². The predicted molar refractivity (Wildman–Crippen MR) is 108 cm³/mol. The van der Waals surface area contributed by atoms with Gasteiger partial charge in [0, 0.05) is 28.2 Å². The average Bonchev–Trinajstić information content (AvgIpc) is 3.08. The molecule has 3 N–H and O–H groups in total. The van der Waals surface area contributed by atoms with E-state index in [1.54, 1.807) is 29.2 Å². The molecule has 0 bridgehead atoms. The Kier molecular flexibility index (Phi) is 6.56. The van der Waals surface area contributed by atoms with Crippen LogP contribution in [0.15, 0.2) is 53.7 Å². The van der Waals surface area contributed by atoms with Gasteiger partial charge < -0.3 is 10.1 Å². The predicted octanol–water partition coefficient (Wildman–Crippen LogP) is 3.94. The summed E-state index contributed by atoms with van der Waals surface area (Å²) in [6.45, 7) is 0.318. The minimum Gasteiger partial charge on any atom is -0.486 e. The van der Waals surface area contributed by atoms with Gasteiger partial charge in [0.25, 0.3) is 0 Å². The molecule has 0 aliphatic rings. The van der Waals surface area contributed by atoms with Gasteiger partial charge in [-0.05, 0) is 47.8 Å². The highest BCUT2D eigenvalue weighted by molar-refractivity contribution is 7.97. The molecule has 0 spiro atoms. The van der Waals surface area contributed by atoms with Crippen LogP contribution in [0.3, 0.4) is 0 Å². The summed E-state index contributed by atoms with van der Waals surface area (Å²) in [5.41, 5.74) is 1.88. The molecule has 2 aromatic carbocycles. The van der Waals surface area contributed by atoms with Crippen LogP contribution in [-0.4, -0.2) is 15.7 Å². The molecule has 0 aliphatic carbocycles. The number of nitrogens with two attached hydrogens (primary N) is 1. The van der Waals surface area contributed by atoms with Crippen LogP contribution in [-0.2, 0) is 24.9 Å². The number of nitrogens with one attached hydrogen (secondary N) is 1. The van der Waals surface area contributed by atoms with Crippen LogP contribution in [0, 0.1) is 5.82 Å². The Morgan fingerprint density at radius 2 is 2.14 bits per heavy atom. The van der Waals surface area contributed by atoms with Crippen LogP contribution in [0.25, 0.3) is 0 Å². The topological polar surface area (TPSA) is 82.2 Å². The molecule has 0 saturated carbocycles. The van der Waals surface area contributed by atoms with Gasteiger partial charge in [0.05, 0.1) is 18.8 Å². The Morgan fingerprint density at radius 3 is 2.86 bits per heavy atom. The molecule has 0 aliphatic heterocycles. The standard InChI is InChI=1S/C19H18ClFN4O2S/c1-25-10-16(9-23-25)27-11-12-2-4-15(8-18(12)28-22)24-19(26)7-13-6-14(21)3-5-17(13)20/h2-6,8-10H,7,11,22H2,1H3,(H,24,26). The van der Waals surface area contributed by atoms with Gasteiger partial charge in [-0.1, -0.05) is 17.7 Å². The Balaban J connectivity index is 1.65. The molecule has 6 nitrogen and oxygen atoms in total. The quantitative estimate of drug-likeness (QED) is 0.566. The fraction of sp³-hybridized carbons (Fsp3) is 0.158. The summed E-state index contributed by atoms with van der Waals surface area (Å²) >= 11 is 7.07. The molecule has 146 valence electrons. The highest BCUT2D eigenvalue weighted by Crippen LogP contribution is 2.25. The van der Waals surface area contributed by atoms with E-state index in [0.29, 0.717) is 28.6 Å². The minimum absolute atomic E-state index is 0.0342. The van der Waals surface area contributed by atoms with Crippen molar-refractivity contribution >= 4 is 35.1 Å². The summed E-state index contributed by atoms with van der Waals surface area (Å²) in [6, 6.07) is 9.28. The summed E-state index contributed by atoms with van der Waals surface area (Å²) in [5.74, 6) is -0.0911. The number of amides is 1. The van der Waals surface area contributed by atoms with Crippen molar-refractivity contribution < 1.29 is 13.9 Å². The SMILES string of the molecule is Cn1cc(OCc2ccc(NC(=O)Cc3cc(F)ccc3Cl)cc2SN)cn1. The lowest BCUT2D eigenvalue weighted by Crippen LogP contribution is -2.15. The van der Waals surface area contributed by atoms with Gasteiger partial charge in [-0.25, -0.2) is 4.39 Å². The lowest BCUT2D eigenvalue weighted by Gasteiger charge is -2.12. The van der Waals surface area contributed by atoms with E-state index in [-0.39, 0.29) is 12.3 Å². The summed E-state index contributed by atoms with van der Waals surface area (Å²) < 4.78 is 20.7. The van der Waals surface area contributed by atoms with Gasteiger partial charge in [0.15, 0.2) is 5.75 Å². The van der Waals surface area contributed by atoms with E-state index in [1.807, 2.05) is 13.1 Å². The van der Waals surface area contributed by atoms with Crippen molar-refractivity contribution in [2.75, 3.05) is 5.32 Å². The van der Waals surface area contributed by atoms with Gasteiger partial charge in [-0.3, -0.25) is 14.6 Å². The first-order valence-electron chi connectivity index (χ1n) is 8.29. The number of anilines is 1. The van der Waals surface area contributed by atoms with Crippen molar-refractivity contribution in [2.45, 2.75) is 17.9 Å². The Morgan fingerprint density at radius 1 is 1.32 bits per heavy atom. The lowest BCUT2D eigenvalue weighted by atomic mass is 10.1. The second-order valence-electron chi connectivity index (χ2n) is 6.04. The minimum atomic E-state index is -0.438. The van der Waals surface area contributed by atoms with Crippen LogP contribution < -0.4 is 15.2 Å². The van der Waals surface area contributed by atoms with Gasteiger partial charge in [0.1, 0.15) is 12.4 Å². The zero-order chi connectivity index (χ0) is 20.1. The number of carbonyl (C=O) groups excluding carboxylic acids is 1. The normalized spacial score (nSPS) is 10.7. The first-order chi connectivity index (χ1) is 13.4. The maximum absolute atomic E-state index is 13.3. The second kappa shape index (κ2) is 9.09. The second-order valence-corrected chi connectivity index (χ2v) is 7.12. The van der Waals surface area contributed by atoms with E-state index < -0.39 is 5.82 Å². The zero-order valence-corrected chi connectivity index (χ0v) is 16.6. The molecule has 9 heteroatoms. The number of nitrogens with zero attached hydrogens (tertiary/aromatic N) is 2. The lowest BCUT2D eigenvalue weighted by molar-refractivity contribution is -0.115. The maximum Gasteiger partial charge on any atom is 0.228 e. The van der Waals surface area contributed by atoms with Crippen molar-refractivity contribution in [1.82, 2.24) is 9.78 Å². The summed E-state index contributed by atoms with van der Waals surface area (Å²) in [5, 5.41) is 12.9. The Labute approximate surface area is 171 Å². The average molecular weight is 421 g/mol. The van der Waals surface area contributed by atoms with Crippen LogP contribution in [0.2, 0.25) is 5.02 Å². The number of benzene rings is 2. The Hall–Kier alpha value is -2.55. The maximum atomic E-state index is 13.3. The smallest absolute Gasteiger partial charge is 0.228 e. The van der Waals surface area contributed by atoms with Crippen LogP contribution in [0.5, 0.6) is 5.75 Å². The molecule has 0 unspecified atom stereocenters. The third-order valence-electron chi connectivity index (χ3n) is 3.91. The molecular weight excluding hydrogens is 403 g/mol. The van der Waals surface area contributed by atoms with E-state index in [1.165, 1.54) is 18.2 Å². The third-order valence-corrected chi connectivity index (χ3v) is 4.91. The zero-order valence-electron chi connectivity index (χ0n) is 15.0. The molecule has 1 aromatic heterocycles.